The van der Waals surface area contributed by atoms with Crippen molar-refractivity contribution in [1.82, 2.24) is 9.38 Å². The van der Waals surface area contributed by atoms with E-state index in [0.717, 1.165) is 0 Å². The lowest BCUT2D eigenvalue weighted by Gasteiger charge is -2.28. The van der Waals surface area contributed by atoms with Crippen LogP contribution in [-0.2, 0) is 18.7 Å². The summed E-state index contributed by atoms with van der Waals surface area (Å²) in [4.78, 5) is 19.7. The zero-order valence-corrected chi connectivity index (χ0v) is 25.4. The molecule has 210 valence electrons. The number of esters is 1. The maximum absolute atomic E-state index is 15.8. The minimum Gasteiger partial charge on any atom is -0.465 e. The van der Waals surface area contributed by atoms with E-state index in [0.29, 0.717) is 31.6 Å². The minimum atomic E-state index is -3.82. The molecule has 0 bridgehead atoms. The molecular weight excluding hydrogens is 582 g/mol. The molecule has 2 aromatic heterocycles. The van der Waals surface area contributed by atoms with Crippen LogP contribution >= 0.6 is 25.6 Å². The molecule has 0 spiro atoms. The van der Waals surface area contributed by atoms with Gasteiger partial charge in [0.05, 0.1) is 12.3 Å². The van der Waals surface area contributed by atoms with Crippen molar-refractivity contribution in [2.45, 2.75) is 12.6 Å². The highest BCUT2D eigenvalue weighted by Crippen LogP contribution is 2.59. The number of carbonyl (C=O) groups is 1. The van der Waals surface area contributed by atoms with E-state index >= 15 is 9.13 Å². The number of hydrogen-bond donors (Lipinski definition) is 0. The van der Waals surface area contributed by atoms with Crippen molar-refractivity contribution in [3.8, 4) is 0 Å². The Hall–Kier alpha value is -4.02. The second-order valence-corrected chi connectivity index (χ2v) is 16.1. The number of ether oxygens (including phenoxy) is 1. The summed E-state index contributed by atoms with van der Waals surface area (Å²) in [6.45, 7) is 1.81. The van der Waals surface area contributed by atoms with Crippen molar-refractivity contribution in [3.05, 3.63) is 139 Å². The standard InChI is InChI=1S/C33H28N2O4P2S/c1-2-39-32(36)30(40(37,25-15-7-3-8-16-25)26-17-9-4-10-18-26)29-31(35-23-24-42-33(35)34-29)41(38,27-19-11-5-12-20-27)28-21-13-6-14-22-28/h3-24,30H,2H2,1H3/t30-/m0/s1. The largest absolute Gasteiger partial charge is 0.465 e. The van der Waals surface area contributed by atoms with Crippen LogP contribution in [0.15, 0.2) is 133 Å². The molecule has 1 atom stereocenters. The summed E-state index contributed by atoms with van der Waals surface area (Å²) in [6.07, 6.45) is 1.81. The van der Waals surface area contributed by atoms with E-state index in [1.807, 2.05) is 84.4 Å². The molecular formula is C33H28N2O4P2S. The van der Waals surface area contributed by atoms with Crippen LogP contribution in [0.1, 0.15) is 18.3 Å². The van der Waals surface area contributed by atoms with E-state index in [4.69, 9.17) is 9.72 Å². The Balaban J connectivity index is 1.74. The van der Waals surface area contributed by atoms with Gasteiger partial charge in [0.2, 0.25) is 0 Å². The second kappa shape index (κ2) is 11.7. The summed E-state index contributed by atoms with van der Waals surface area (Å²) < 4.78 is 39.0. The Kier molecular flexibility index (Phi) is 7.83. The highest BCUT2D eigenvalue weighted by molar-refractivity contribution is 7.85. The first kappa shape index (κ1) is 28.1. The molecule has 0 fully saturated rings. The van der Waals surface area contributed by atoms with Crippen LogP contribution < -0.4 is 26.7 Å². The number of nitrogens with zero attached hydrogens (tertiary/aromatic N) is 2. The molecule has 9 heteroatoms. The van der Waals surface area contributed by atoms with Gasteiger partial charge in [-0.2, -0.15) is 0 Å². The van der Waals surface area contributed by atoms with Crippen LogP contribution in [0.4, 0.5) is 0 Å². The Morgan fingerprint density at radius 1 is 0.762 bits per heavy atom. The fraction of sp³-hybridized carbons (Fsp3) is 0.0909. The molecule has 42 heavy (non-hydrogen) atoms. The van der Waals surface area contributed by atoms with Crippen LogP contribution in [0.3, 0.4) is 0 Å². The van der Waals surface area contributed by atoms with Gasteiger partial charge in [-0.1, -0.05) is 121 Å². The third-order valence-corrected chi connectivity index (χ3v) is 14.4. The Morgan fingerprint density at radius 2 is 1.21 bits per heavy atom. The third-order valence-electron chi connectivity index (χ3n) is 7.21. The Bertz CT molecular complexity index is 1840. The quantitative estimate of drug-likeness (QED) is 0.156. The molecule has 0 saturated carbocycles. The van der Waals surface area contributed by atoms with Crippen molar-refractivity contribution >= 4 is 63.2 Å². The molecule has 0 aliphatic rings. The topological polar surface area (TPSA) is 77.7 Å². The van der Waals surface area contributed by atoms with Crippen molar-refractivity contribution < 1.29 is 18.7 Å². The van der Waals surface area contributed by atoms with Crippen LogP contribution in [0.5, 0.6) is 0 Å². The zero-order chi connectivity index (χ0) is 29.2. The van der Waals surface area contributed by atoms with Gasteiger partial charge in [0.15, 0.2) is 24.9 Å². The molecule has 0 unspecified atom stereocenters. The maximum atomic E-state index is 15.8. The van der Waals surface area contributed by atoms with Gasteiger partial charge in [0, 0.05) is 32.8 Å². The molecule has 2 heterocycles. The van der Waals surface area contributed by atoms with E-state index in [1.165, 1.54) is 11.3 Å². The summed E-state index contributed by atoms with van der Waals surface area (Å²) in [7, 11) is -7.48. The molecule has 0 saturated heterocycles. The number of thiazole rings is 1. The van der Waals surface area contributed by atoms with Gasteiger partial charge in [0.25, 0.3) is 0 Å². The first-order valence-corrected chi connectivity index (χ1v) is 17.9. The summed E-state index contributed by atoms with van der Waals surface area (Å²) in [5.41, 5.74) is -0.793. The number of carbonyl (C=O) groups excluding carboxylic acids is 1. The fourth-order valence-electron chi connectivity index (χ4n) is 5.36. The molecule has 6 nitrogen and oxygen atoms in total. The maximum Gasteiger partial charge on any atom is 0.323 e. The Morgan fingerprint density at radius 3 is 1.67 bits per heavy atom. The predicted molar refractivity (Wildman–Crippen MR) is 172 cm³/mol. The SMILES string of the molecule is CCOC(=O)[C@H](c1nc2sccn2c1P(=O)(c1ccccc1)c1ccccc1)P(=O)(c1ccccc1)c1ccccc1. The highest BCUT2D eigenvalue weighted by Gasteiger charge is 2.49. The molecule has 0 radical (unpaired) electrons. The lowest BCUT2D eigenvalue weighted by molar-refractivity contribution is -0.142. The molecule has 0 aliphatic carbocycles. The number of fused-ring (bicyclic) bond motifs is 1. The van der Waals surface area contributed by atoms with E-state index in [-0.39, 0.29) is 12.3 Å². The van der Waals surface area contributed by atoms with Gasteiger partial charge in [0.1, 0.15) is 5.44 Å². The number of benzene rings is 4. The van der Waals surface area contributed by atoms with Crippen LogP contribution in [0.25, 0.3) is 4.96 Å². The van der Waals surface area contributed by atoms with Crippen LogP contribution in [0, 0.1) is 0 Å². The average Bonchev–Trinajstić information content (AvgIpc) is 3.64. The van der Waals surface area contributed by atoms with Gasteiger partial charge in [-0.15, -0.1) is 11.3 Å². The van der Waals surface area contributed by atoms with Crippen molar-refractivity contribution in [1.29, 1.82) is 0 Å². The van der Waals surface area contributed by atoms with Crippen molar-refractivity contribution in [2.75, 3.05) is 6.61 Å². The number of hydrogen-bond acceptors (Lipinski definition) is 6. The van der Waals surface area contributed by atoms with Gasteiger partial charge >= 0.3 is 5.97 Å². The number of imidazole rings is 1. The zero-order valence-electron chi connectivity index (χ0n) is 22.8. The van der Waals surface area contributed by atoms with Gasteiger partial charge < -0.3 is 13.9 Å². The highest BCUT2D eigenvalue weighted by atomic mass is 32.1. The molecule has 6 aromatic rings. The van der Waals surface area contributed by atoms with Crippen LogP contribution in [-0.4, -0.2) is 22.0 Å². The van der Waals surface area contributed by atoms with Crippen molar-refractivity contribution in [3.63, 3.8) is 0 Å². The molecule has 4 aromatic carbocycles. The molecule has 6 rings (SSSR count). The third kappa shape index (κ3) is 4.68. The molecule has 0 amide bonds. The van der Waals surface area contributed by atoms with E-state index in [9.17, 15) is 4.79 Å². The first-order valence-electron chi connectivity index (χ1n) is 13.5. The normalized spacial score (nSPS) is 12.7. The monoisotopic (exact) mass is 610 g/mol. The summed E-state index contributed by atoms with van der Waals surface area (Å²) in [5, 5.41) is 4.02. The van der Waals surface area contributed by atoms with Crippen LogP contribution in [0.2, 0.25) is 0 Å². The summed E-state index contributed by atoms with van der Waals surface area (Å²) in [6, 6.07) is 36.4. The van der Waals surface area contributed by atoms with E-state index in [2.05, 4.69) is 0 Å². The smallest absolute Gasteiger partial charge is 0.323 e. The second-order valence-electron chi connectivity index (χ2n) is 9.64. The minimum absolute atomic E-state index is 0.0888. The van der Waals surface area contributed by atoms with Gasteiger partial charge in [-0.3, -0.25) is 9.20 Å². The Labute approximate surface area is 248 Å². The first-order chi connectivity index (χ1) is 20.5. The van der Waals surface area contributed by atoms with Gasteiger partial charge in [-0.05, 0) is 6.92 Å². The van der Waals surface area contributed by atoms with E-state index < -0.39 is 25.9 Å². The number of rotatable bonds is 9. The van der Waals surface area contributed by atoms with Crippen molar-refractivity contribution in [2.24, 2.45) is 0 Å². The average molecular weight is 611 g/mol. The molecule has 0 aliphatic heterocycles. The fourth-order valence-corrected chi connectivity index (χ4v) is 12.2. The van der Waals surface area contributed by atoms with Gasteiger partial charge in [-0.25, -0.2) is 4.98 Å². The number of aromatic nitrogens is 2. The summed E-state index contributed by atoms with van der Waals surface area (Å²) in [5.74, 6) is -0.673. The van der Waals surface area contributed by atoms with E-state index in [1.54, 1.807) is 59.9 Å². The lowest BCUT2D eigenvalue weighted by atomic mass is 10.3. The lowest BCUT2D eigenvalue weighted by Crippen LogP contribution is -2.35. The molecule has 0 N–H and O–H groups in total. The summed E-state index contributed by atoms with van der Waals surface area (Å²) >= 11 is 1.36. The predicted octanol–water partition coefficient (Wildman–Crippen LogP) is 5.65.